The molecule has 4 heteroatoms. The summed E-state index contributed by atoms with van der Waals surface area (Å²) in [6, 6.07) is 7.97. The standard InChI is InChI=1S/C11H9NO3/c12-10-7(11(14)15)5-4-6-2-1-3-8(13)9(6)10/h1-5,13H,12H2,(H,14,15). The van der Waals surface area contributed by atoms with Crippen molar-refractivity contribution >= 4 is 22.4 Å². The molecule has 4 N–H and O–H groups in total. The number of fused-ring (bicyclic) bond motifs is 1. The van der Waals surface area contributed by atoms with Gasteiger partial charge in [0.1, 0.15) is 5.75 Å². The second kappa shape index (κ2) is 3.16. The largest absolute Gasteiger partial charge is 0.507 e. The molecule has 0 heterocycles. The fourth-order valence-electron chi connectivity index (χ4n) is 1.57. The van der Waals surface area contributed by atoms with E-state index in [1.54, 1.807) is 18.2 Å². The SMILES string of the molecule is Nc1c(C(=O)O)ccc2cccc(O)c12. The van der Waals surface area contributed by atoms with E-state index in [2.05, 4.69) is 0 Å². The number of phenolic OH excluding ortho intramolecular Hbond substituents is 1. The van der Waals surface area contributed by atoms with Crippen molar-refractivity contribution in [3.63, 3.8) is 0 Å². The number of phenols is 1. The lowest BCUT2D eigenvalue weighted by molar-refractivity contribution is 0.0698. The average molecular weight is 203 g/mol. The third-order valence-corrected chi connectivity index (χ3v) is 2.29. The minimum atomic E-state index is -1.10. The van der Waals surface area contributed by atoms with Crippen molar-refractivity contribution in [3.8, 4) is 5.75 Å². The molecule has 0 aliphatic rings. The van der Waals surface area contributed by atoms with Crippen LogP contribution in [0.4, 0.5) is 5.69 Å². The number of aromatic carboxylic acids is 1. The van der Waals surface area contributed by atoms with Gasteiger partial charge in [0.25, 0.3) is 0 Å². The summed E-state index contributed by atoms with van der Waals surface area (Å²) in [5.74, 6) is -1.11. The summed E-state index contributed by atoms with van der Waals surface area (Å²) < 4.78 is 0. The molecule has 4 nitrogen and oxygen atoms in total. The molecule has 0 saturated heterocycles. The number of rotatable bonds is 1. The van der Waals surface area contributed by atoms with Crippen LogP contribution in [0.15, 0.2) is 30.3 Å². The van der Waals surface area contributed by atoms with Crippen molar-refractivity contribution in [1.29, 1.82) is 0 Å². The third kappa shape index (κ3) is 1.36. The molecule has 2 rings (SSSR count). The number of hydrogen-bond donors (Lipinski definition) is 3. The van der Waals surface area contributed by atoms with Crippen LogP contribution in [0.25, 0.3) is 10.8 Å². The highest BCUT2D eigenvalue weighted by Gasteiger charge is 2.12. The highest BCUT2D eigenvalue weighted by Crippen LogP contribution is 2.31. The molecule has 0 saturated carbocycles. The number of carbonyl (C=O) groups is 1. The molecule has 0 aliphatic heterocycles. The Morgan fingerprint density at radius 2 is 1.93 bits per heavy atom. The highest BCUT2D eigenvalue weighted by molar-refractivity contribution is 6.07. The van der Waals surface area contributed by atoms with Crippen LogP contribution in [0.2, 0.25) is 0 Å². The first-order chi connectivity index (χ1) is 7.11. The van der Waals surface area contributed by atoms with E-state index in [9.17, 15) is 9.90 Å². The Morgan fingerprint density at radius 1 is 1.20 bits per heavy atom. The van der Waals surface area contributed by atoms with Crippen molar-refractivity contribution in [1.82, 2.24) is 0 Å². The lowest BCUT2D eigenvalue weighted by Crippen LogP contribution is -2.02. The van der Waals surface area contributed by atoms with Crippen molar-refractivity contribution in [2.75, 3.05) is 5.73 Å². The quantitative estimate of drug-likeness (QED) is 0.617. The fourth-order valence-corrected chi connectivity index (χ4v) is 1.57. The van der Waals surface area contributed by atoms with Gasteiger partial charge in [0.05, 0.1) is 11.3 Å². The number of carboxylic acids is 1. The number of anilines is 1. The topological polar surface area (TPSA) is 83.6 Å². The lowest BCUT2D eigenvalue weighted by Gasteiger charge is -2.06. The summed E-state index contributed by atoms with van der Waals surface area (Å²) in [7, 11) is 0. The van der Waals surface area contributed by atoms with Gasteiger partial charge in [-0.2, -0.15) is 0 Å². The molecule has 0 spiro atoms. The molecule has 76 valence electrons. The van der Waals surface area contributed by atoms with Crippen molar-refractivity contribution in [2.24, 2.45) is 0 Å². The maximum absolute atomic E-state index is 10.8. The zero-order chi connectivity index (χ0) is 11.0. The summed E-state index contributed by atoms with van der Waals surface area (Å²) in [4.78, 5) is 10.8. The summed E-state index contributed by atoms with van der Waals surface area (Å²) in [6.45, 7) is 0. The Balaban J connectivity index is 2.89. The monoisotopic (exact) mass is 203 g/mol. The van der Waals surface area contributed by atoms with E-state index in [1.807, 2.05) is 0 Å². The van der Waals surface area contributed by atoms with E-state index in [0.29, 0.717) is 5.39 Å². The predicted octanol–water partition coefficient (Wildman–Crippen LogP) is 1.83. The second-order valence-electron chi connectivity index (χ2n) is 3.21. The molecule has 0 amide bonds. The summed E-state index contributed by atoms with van der Waals surface area (Å²) >= 11 is 0. The van der Waals surface area contributed by atoms with E-state index in [1.165, 1.54) is 12.1 Å². The Kier molecular flexibility index (Phi) is 1.97. The molecule has 0 fully saturated rings. The Labute approximate surface area is 85.6 Å². The maximum atomic E-state index is 10.8. The van der Waals surface area contributed by atoms with Gasteiger partial charge in [0, 0.05) is 5.39 Å². The number of nitrogens with two attached hydrogens (primary N) is 1. The van der Waals surface area contributed by atoms with Crippen LogP contribution in [0, 0.1) is 0 Å². The number of nitrogen functional groups attached to an aromatic ring is 1. The molecule has 0 aromatic heterocycles. The summed E-state index contributed by atoms with van der Waals surface area (Å²) in [6.07, 6.45) is 0. The molecule has 15 heavy (non-hydrogen) atoms. The predicted molar refractivity (Wildman–Crippen MR) is 57.0 cm³/mol. The first-order valence-electron chi connectivity index (χ1n) is 4.34. The molecular weight excluding hydrogens is 194 g/mol. The average Bonchev–Trinajstić information content (AvgIpc) is 2.17. The molecule has 0 unspecified atom stereocenters. The first-order valence-corrected chi connectivity index (χ1v) is 4.34. The fraction of sp³-hybridized carbons (Fsp3) is 0. The van der Waals surface area contributed by atoms with Crippen LogP contribution < -0.4 is 5.73 Å². The van der Waals surface area contributed by atoms with Gasteiger partial charge in [-0.05, 0) is 17.5 Å². The number of benzene rings is 2. The first kappa shape index (κ1) is 9.33. The van der Waals surface area contributed by atoms with Crippen molar-refractivity contribution in [3.05, 3.63) is 35.9 Å². The van der Waals surface area contributed by atoms with Gasteiger partial charge in [-0.3, -0.25) is 0 Å². The zero-order valence-corrected chi connectivity index (χ0v) is 7.77. The van der Waals surface area contributed by atoms with Crippen molar-refractivity contribution in [2.45, 2.75) is 0 Å². The Morgan fingerprint density at radius 3 is 2.60 bits per heavy atom. The van der Waals surface area contributed by atoms with Gasteiger partial charge in [0.15, 0.2) is 0 Å². The van der Waals surface area contributed by atoms with Gasteiger partial charge in [-0.1, -0.05) is 18.2 Å². The van der Waals surface area contributed by atoms with Crippen LogP contribution in [0.5, 0.6) is 5.75 Å². The van der Waals surface area contributed by atoms with Gasteiger partial charge in [-0.25, -0.2) is 4.79 Å². The van der Waals surface area contributed by atoms with Gasteiger partial charge < -0.3 is 15.9 Å². The summed E-state index contributed by atoms with van der Waals surface area (Å²) in [5.41, 5.74) is 5.78. The lowest BCUT2D eigenvalue weighted by atomic mass is 10.0. The highest BCUT2D eigenvalue weighted by atomic mass is 16.4. The Hall–Kier alpha value is -2.23. The number of carboxylic acid groups (broad SMARTS) is 1. The van der Waals surface area contributed by atoms with E-state index in [4.69, 9.17) is 10.8 Å². The van der Waals surface area contributed by atoms with E-state index in [-0.39, 0.29) is 17.0 Å². The molecule has 0 atom stereocenters. The maximum Gasteiger partial charge on any atom is 0.337 e. The van der Waals surface area contributed by atoms with Gasteiger partial charge >= 0.3 is 5.97 Å². The van der Waals surface area contributed by atoms with Gasteiger partial charge in [0.2, 0.25) is 0 Å². The minimum absolute atomic E-state index is 0.00370. The number of hydrogen-bond acceptors (Lipinski definition) is 3. The van der Waals surface area contributed by atoms with Crippen LogP contribution >= 0.6 is 0 Å². The molecule has 0 radical (unpaired) electrons. The van der Waals surface area contributed by atoms with Crippen LogP contribution in [-0.4, -0.2) is 16.2 Å². The van der Waals surface area contributed by atoms with E-state index in [0.717, 1.165) is 5.39 Å². The zero-order valence-electron chi connectivity index (χ0n) is 7.77. The summed E-state index contributed by atoms with van der Waals surface area (Å²) in [5, 5.41) is 19.5. The minimum Gasteiger partial charge on any atom is -0.507 e. The van der Waals surface area contributed by atoms with Crippen LogP contribution in [-0.2, 0) is 0 Å². The molecule has 2 aromatic carbocycles. The van der Waals surface area contributed by atoms with E-state index < -0.39 is 5.97 Å². The molecule has 2 aromatic rings. The molecule has 0 aliphatic carbocycles. The van der Waals surface area contributed by atoms with Gasteiger partial charge in [-0.15, -0.1) is 0 Å². The van der Waals surface area contributed by atoms with E-state index >= 15 is 0 Å². The second-order valence-corrected chi connectivity index (χ2v) is 3.21. The molecule has 0 bridgehead atoms. The Bertz CT molecular complexity index is 549. The van der Waals surface area contributed by atoms with Crippen molar-refractivity contribution < 1.29 is 15.0 Å². The number of aromatic hydroxyl groups is 1. The van der Waals surface area contributed by atoms with Crippen LogP contribution in [0.3, 0.4) is 0 Å². The van der Waals surface area contributed by atoms with Crippen LogP contribution in [0.1, 0.15) is 10.4 Å². The molecular formula is C11H9NO3. The normalized spacial score (nSPS) is 10.4. The smallest absolute Gasteiger partial charge is 0.337 e. The third-order valence-electron chi connectivity index (χ3n) is 2.29.